The molecule has 0 unspecified atom stereocenters. The van der Waals surface area contributed by atoms with Gasteiger partial charge in [-0.1, -0.05) is 6.42 Å². The maximum absolute atomic E-state index is 11.6. The molecule has 1 saturated carbocycles. The van der Waals surface area contributed by atoms with Crippen LogP contribution in [0.4, 0.5) is 4.79 Å². The molecule has 1 aliphatic rings. The molecule has 0 heterocycles. The standard InChI is InChI=1S/C12H22N2O3/c1-12(2,3)17-11(16)14-9-6-4-5-8(7-9)10(13)15/h8-9H,4-7H2,1-3H3,(H2,13,15)(H,14,16)/t8-,9+/m0/s1. The zero-order valence-corrected chi connectivity index (χ0v) is 10.8. The van der Waals surface area contributed by atoms with Crippen molar-refractivity contribution >= 4 is 12.0 Å². The molecule has 0 radical (unpaired) electrons. The number of hydrogen-bond acceptors (Lipinski definition) is 3. The molecule has 2 amide bonds. The lowest BCUT2D eigenvalue weighted by molar-refractivity contribution is -0.122. The molecule has 1 rings (SSSR count). The van der Waals surface area contributed by atoms with Crippen LogP contribution in [0.3, 0.4) is 0 Å². The van der Waals surface area contributed by atoms with E-state index in [1.54, 1.807) is 0 Å². The summed E-state index contributed by atoms with van der Waals surface area (Å²) >= 11 is 0. The zero-order chi connectivity index (χ0) is 13.1. The summed E-state index contributed by atoms with van der Waals surface area (Å²) in [5, 5.41) is 2.79. The molecule has 0 saturated heterocycles. The van der Waals surface area contributed by atoms with Crippen LogP contribution in [0.1, 0.15) is 46.5 Å². The summed E-state index contributed by atoms with van der Waals surface area (Å²) in [5.74, 6) is -0.399. The number of rotatable bonds is 2. The Morgan fingerprint density at radius 3 is 2.47 bits per heavy atom. The smallest absolute Gasteiger partial charge is 0.407 e. The monoisotopic (exact) mass is 242 g/mol. The zero-order valence-electron chi connectivity index (χ0n) is 10.8. The number of carbonyl (C=O) groups is 2. The molecule has 0 aliphatic heterocycles. The molecule has 0 aromatic rings. The van der Waals surface area contributed by atoms with E-state index in [1.165, 1.54) is 0 Å². The summed E-state index contributed by atoms with van der Waals surface area (Å²) in [4.78, 5) is 22.6. The number of hydrogen-bond donors (Lipinski definition) is 2. The molecule has 0 aromatic heterocycles. The van der Waals surface area contributed by atoms with Gasteiger partial charge >= 0.3 is 6.09 Å². The lowest BCUT2D eigenvalue weighted by atomic mass is 9.85. The fourth-order valence-corrected chi connectivity index (χ4v) is 2.05. The van der Waals surface area contributed by atoms with Gasteiger partial charge in [0.2, 0.25) is 5.91 Å². The molecule has 0 bridgehead atoms. The van der Waals surface area contributed by atoms with Gasteiger partial charge in [-0.25, -0.2) is 4.79 Å². The second-order valence-corrected chi connectivity index (χ2v) is 5.61. The molecular weight excluding hydrogens is 220 g/mol. The van der Waals surface area contributed by atoms with Crippen LogP contribution in [-0.4, -0.2) is 23.6 Å². The first-order valence-corrected chi connectivity index (χ1v) is 6.07. The van der Waals surface area contributed by atoms with Crippen molar-refractivity contribution in [1.82, 2.24) is 5.32 Å². The fraction of sp³-hybridized carbons (Fsp3) is 0.833. The minimum absolute atomic E-state index is 0.00361. The van der Waals surface area contributed by atoms with Crippen molar-refractivity contribution in [2.75, 3.05) is 0 Å². The van der Waals surface area contributed by atoms with Gasteiger partial charge in [0.05, 0.1) is 0 Å². The molecule has 2 atom stereocenters. The Morgan fingerprint density at radius 2 is 1.94 bits per heavy atom. The van der Waals surface area contributed by atoms with Crippen molar-refractivity contribution in [1.29, 1.82) is 0 Å². The van der Waals surface area contributed by atoms with Gasteiger partial charge in [-0.05, 0) is 40.0 Å². The highest BCUT2D eigenvalue weighted by Gasteiger charge is 2.27. The number of amides is 2. The van der Waals surface area contributed by atoms with Crippen molar-refractivity contribution in [3.8, 4) is 0 Å². The van der Waals surface area contributed by atoms with Crippen molar-refractivity contribution in [3.63, 3.8) is 0 Å². The third kappa shape index (κ3) is 5.06. The van der Waals surface area contributed by atoms with E-state index in [9.17, 15) is 9.59 Å². The Morgan fingerprint density at radius 1 is 1.29 bits per heavy atom. The average Bonchev–Trinajstić information content (AvgIpc) is 2.14. The summed E-state index contributed by atoms with van der Waals surface area (Å²) in [6.45, 7) is 5.46. The number of ether oxygens (including phenoxy) is 1. The highest BCUT2D eigenvalue weighted by atomic mass is 16.6. The minimum atomic E-state index is -0.498. The summed E-state index contributed by atoms with van der Waals surface area (Å²) < 4.78 is 5.17. The molecule has 0 aromatic carbocycles. The Bertz CT molecular complexity index is 297. The van der Waals surface area contributed by atoms with Crippen LogP contribution >= 0.6 is 0 Å². The van der Waals surface area contributed by atoms with E-state index in [4.69, 9.17) is 10.5 Å². The molecule has 1 aliphatic carbocycles. The number of primary amides is 1. The van der Waals surface area contributed by atoms with Gasteiger partial charge in [0.25, 0.3) is 0 Å². The predicted molar refractivity (Wildman–Crippen MR) is 64.3 cm³/mol. The van der Waals surface area contributed by atoms with Crippen LogP contribution in [0.5, 0.6) is 0 Å². The summed E-state index contributed by atoms with van der Waals surface area (Å²) in [7, 11) is 0. The Hall–Kier alpha value is -1.26. The van der Waals surface area contributed by atoms with Gasteiger partial charge < -0.3 is 15.8 Å². The van der Waals surface area contributed by atoms with Crippen LogP contribution in [0.15, 0.2) is 0 Å². The van der Waals surface area contributed by atoms with E-state index in [-0.39, 0.29) is 17.9 Å². The van der Waals surface area contributed by atoms with E-state index < -0.39 is 11.7 Å². The van der Waals surface area contributed by atoms with Crippen molar-refractivity contribution in [2.24, 2.45) is 11.7 Å². The number of nitrogens with one attached hydrogen (secondary N) is 1. The third-order valence-electron chi connectivity index (χ3n) is 2.80. The van der Waals surface area contributed by atoms with Gasteiger partial charge in [0.15, 0.2) is 0 Å². The first-order valence-electron chi connectivity index (χ1n) is 6.07. The van der Waals surface area contributed by atoms with E-state index >= 15 is 0 Å². The lowest BCUT2D eigenvalue weighted by Crippen LogP contribution is -2.43. The second-order valence-electron chi connectivity index (χ2n) is 5.61. The normalized spacial score (nSPS) is 25.1. The molecule has 98 valence electrons. The number of alkyl carbamates (subject to hydrolysis) is 1. The highest BCUT2D eigenvalue weighted by molar-refractivity contribution is 5.77. The second kappa shape index (κ2) is 5.38. The van der Waals surface area contributed by atoms with Gasteiger partial charge in [0.1, 0.15) is 5.60 Å². The van der Waals surface area contributed by atoms with E-state index in [2.05, 4.69) is 5.32 Å². The van der Waals surface area contributed by atoms with Crippen molar-refractivity contribution in [2.45, 2.75) is 58.1 Å². The molecular formula is C12H22N2O3. The summed E-state index contributed by atoms with van der Waals surface area (Å²) in [6.07, 6.45) is 2.81. The SMILES string of the molecule is CC(C)(C)OC(=O)N[C@@H]1CCC[C@H](C(N)=O)C1. The summed E-state index contributed by atoms with van der Waals surface area (Å²) in [5.41, 5.74) is 4.78. The van der Waals surface area contributed by atoms with Crippen LogP contribution in [0, 0.1) is 5.92 Å². The topological polar surface area (TPSA) is 81.4 Å². The first kappa shape index (κ1) is 13.8. The highest BCUT2D eigenvalue weighted by Crippen LogP contribution is 2.24. The quantitative estimate of drug-likeness (QED) is 0.771. The Balaban J connectivity index is 2.41. The fourth-order valence-electron chi connectivity index (χ4n) is 2.05. The van der Waals surface area contributed by atoms with E-state index in [1.807, 2.05) is 20.8 Å². The van der Waals surface area contributed by atoms with E-state index in [0.717, 1.165) is 19.3 Å². The third-order valence-corrected chi connectivity index (χ3v) is 2.80. The van der Waals surface area contributed by atoms with Crippen molar-refractivity contribution in [3.05, 3.63) is 0 Å². The van der Waals surface area contributed by atoms with Crippen LogP contribution in [0.25, 0.3) is 0 Å². The largest absolute Gasteiger partial charge is 0.444 e. The summed E-state index contributed by atoms with van der Waals surface area (Å²) in [6, 6.07) is -0.00361. The number of nitrogens with two attached hydrogens (primary N) is 1. The predicted octanol–water partition coefficient (Wildman–Crippen LogP) is 1.56. The van der Waals surface area contributed by atoms with Gasteiger partial charge in [-0.3, -0.25) is 4.79 Å². The molecule has 5 nitrogen and oxygen atoms in total. The molecule has 3 N–H and O–H groups in total. The molecule has 0 spiro atoms. The molecule has 17 heavy (non-hydrogen) atoms. The van der Waals surface area contributed by atoms with Gasteiger partial charge in [-0.15, -0.1) is 0 Å². The van der Waals surface area contributed by atoms with Crippen LogP contribution in [-0.2, 0) is 9.53 Å². The van der Waals surface area contributed by atoms with Crippen LogP contribution in [0.2, 0.25) is 0 Å². The Kier molecular flexibility index (Phi) is 4.37. The maximum Gasteiger partial charge on any atom is 0.407 e. The Labute approximate surface area is 102 Å². The minimum Gasteiger partial charge on any atom is -0.444 e. The lowest BCUT2D eigenvalue weighted by Gasteiger charge is -2.29. The maximum atomic E-state index is 11.6. The van der Waals surface area contributed by atoms with E-state index in [0.29, 0.717) is 6.42 Å². The number of carbonyl (C=O) groups excluding carboxylic acids is 2. The van der Waals surface area contributed by atoms with Gasteiger partial charge in [-0.2, -0.15) is 0 Å². The van der Waals surface area contributed by atoms with Crippen molar-refractivity contribution < 1.29 is 14.3 Å². The molecule has 5 heteroatoms. The first-order chi connectivity index (χ1) is 7.78. The van der Waals surface area contributed by atoms with Gasteiger partial charge in [0, 0.05) is 12.0 Å². The molecule has 1 fully saturated rings. The average molecular weight is 242 g/mol. The van der Waals surface area contributed by atoms with Crippen LogP contribution < -0.4 is 11.1 Å².